The van der Waals surface area contributed by atoms with Gasteiger partial charge in [-0.25, -0.2) is 0 Å². The summed E-state index contributed by atoms with van der Waals surface area (Å²) in [7, 11) is 3.64. The first kappa shape index (κ1) is 13.2. The number of anilines is 1. The lowest BCUT2D eigenvalue weighted by Gasteiger charge is -2.34. The van der Waals surface area contributed by atoms with Gasteiger partial charge in [-0.15, -0.1) is 0 Å². The van der Waals surface area contributed by atoms with Crippen LogP contribution in [0.2, 0.25) is 5.02 Å². The highest BCUT2D eigenvalue weighted by Gasteiger charge is 2.26. The number of hydrogen-bond acceptors (Lipinski definition) is 2. The van der Waals surface area contributed by atoms with Gasteiger partial charge >= 0.3 is 0 Å². The van der Waals surface area contributed by atoms with Gasteiger partial charge in [-0.2, -0.15) is 0 Å². The molecule has 0 aromatic heterocycles. The van der Waals surface area contributed by atoms with Crippen molar-refractivity contribution in [3.63, 3.8) is 0 Å². The van der Waals surface area contributed by atoms with Gasteiger partial charge in [0, 0.05) is 33.1 Å². The molecule has 3 nitrogen and oxygen atoms in total. The summed E-state index contributed by atoms with van der Waals surface area (Å²) in [6, 6.07) is 7.89. The number of hydrogen-bond donors (Lipinski definition) is 0. The van der Waals surface area contributed by atoms with Crippen LogP contribution in [0.3, 0.4) is 0 Å². The number of halogens is 1. The molecule has 4 heteroatoms. The average Bonchev–Trinajstić information content (AvgIpc) is 2.38. The second-order valence-electron chi connectivity index (χ2n) is 4.95. The van der Waals surface area contributed by atoms with Crippen LogP contribution in [0.25, 0.3) is 0 Å². The Morgan fingerprint density at radius 2 is 1.89 bits per heavy atom. The Kier molecular flexibility index (Phi) is 4.12. The lowest BCUT2D eigenvalue weighted by Crippen LogP contribution is -2.40. The van der Waals surface area contributed by atoms with Gasteiger partial charge in [0.25, 0.3) is 0 Å². The molecule has 0 N–H and O–H groups in total. The highest BCUT2D eigenvalue weighted by atomic mass is 35.5. The molecule has 0 saturated carbocycles. The highest BCUT2D eigenvalue weighted by Crippen LogP contribution is 2.29. The monoisotopic (exact) mass is 266 g/mol. The number of piperidine rings is 1. The summed E-state index contributed by atoms with van der Waals surface area (Å²) in [6.07, 6.45) is 1.81. The summed E-state index contributed by atoms with van der Waals surface area (Å²) in [5.74, 6) is 0.410. The molecule has 1 fully saturated rings. The average molecular weight is 267 g/mol. The van der Waals surface area contributed by atoms with Crippen LogP contribution in [0.4, 0.5) is 5.69 Å². The molecule has 1 aliphatic heterocycles. The van der Waals surface area contributed by atoms with Crippen LogP contribution in [-0.4, -0.2) is 38.0 Å². The molecule has 2 rings (SSSR count). The maximum atomic E-state index is 11.9. The van der Waals surface area contributed by atoms with Crippen molar-refractivity contribution in [2.24, 2.45) is 5.92 Å². The Labute approximate surface area is 113 Å². The fourth-order valence-corrected chi connectivity index (χ4v) is 2.70. The molecule has 18 heavy (non-hydrogen) atoms. The van der Waals surface area contributed by atoms with Gasteiger partial charge in [-0.1, -0.05) is 23.7 Å². The highest BCUT2D eigenvalue weighted by molar-refractivity contribution is 6.33. The molecular weight excluding hydrogens is 248 g/mol. The van der Waals surface area contributed by atoms with Gasteiger partial charge in [-0.3, -0.25) is 4.79 Å². The molecule has 0 spiro atoms. The van der Waals surface area contributed by atoms with Crippen molar-refractivity contribution in [3.05, 3.63) is 29.3 Å². The maximum absolute atomic E-state index is 11.9. The van der Waals surface area contributed by atoms with Crippen LogP contribution < -0.4 is 4.90 Å². The lowest BCUT2D eigenvalue weighted by atomic mass is 9.95. The number of benzene rings is 1. The van der Waals surface area contributed by atoms with Crippen molar-refractivity contribution < 1.29 is 4.79 Å². The van der Waals surface area contributed by atoms with Gasteiger partial charge in [0.2, 0.25) is 5.91 Å². The van der Waals surface area contributed by atoms with Crippen LogP contribution in [0.1, 0.15) is 12.8 Å². The molecule has 0 bridgehead atoms. The number of para-hydroxylation sites is 1. The summed E-state index contributed by atoms with van der Waals surface area (Å²) in [6.45, 7) is 1.79. The van der Waals surface area contributed by atoms with Gasteiger partial charge in [0.15, 0.2) is 0 Å². The zero-order chi connectivity index (χ0) is 13.1. The van der Waals surface area contributed by atoms with E-state index >= 15 is 0 Å². The Morgan fingerprint density at radius 1 is 1.28 bits per heavy atom. The van der Waals surface area contributed by atoms with Gasteiger partial charge in [0.05, 0.1) is 10.7 Å². The van der Waals surface area contributed by atoms with Crippen LogP contribution >= 0.6 is 11.6 Å². The molecule has 1 aromatic rings. The second-order valence-corrected chi connectivity index (χ2v) is 5.35. The molecule has 98 valence electrons. The zero-order valence-electron chi connectivity index (χ0n) is 10.9. The first-order valence-electron chi connectivity index (χ1n) is 6.30. The third-order valence-electron chi connectivity index (χ3n) is 3.48. The summed E-state index contributed by atoms with van der Waals surface area (Å²) in [5, 5.41) is 0.787. The van der Waals surface area contributed by atoms with E-state index in [1.165, 1.54) is 0 Å². The number of amides is 1. The normalized spacial score (nSPS) is 16.7. The van der Waals surface area contributed by atoms with E-state index in [4.69, 9.17) is 11.6 Å². The third-order valence-corrected chi connectivity index (χ3v) is 3.80. The quantitative estimate of drug-likeness (QED) is 0.822. The number of rotatable bonds is 2. The van der Waals surface area contributed by atoms with Crippen LogP contribution in [0.15, 0.2) is 24.3 Å². The van der Waals surface area contributed by atoms with E-state index < -0.39 is 0 Å². The first-order chi connectivity index (χ1) is 8.59. The molecule has 0 radical (unpaired) electrons. The smallest absolute Gasteiger partial charge is 0.225 e. The zero-order valence-corrected chi connectivity index (χ0v) is 11.7. The van der Waals surface area contributed by atoms with E-state index in [0.29, 0.717) is 0 Å². The lowest BCUT2D eigenvalue weighted by molar-refractivity contribution is -0.133. The second kappa shape index (κ2) is 5.61. The molecular formula is C14H19ClN2O. The molecule has 1 heterocycles. The van der Waals surface area contributed by atoms with E-state index in [1.54, 1.807) is 4.90 Å². The minimum Gasteiger partial charge on any atom is -0.370 e. The van der Waals surface area contributed by atoms with E-state index in [9.17, 15) is 4.79 Å². The Morgan fingerprint density at radius 3 is 2.44 bits per heavy atom. The summed E-state index contributed by atoms with van der Waals surface area (Å²) < 4.78 is 0. The maximum Gasteiger partial charge on any atom is 0.225 e. The van der Waals surface area contributed by atoms with E-state index in [-0.39, 0.29) is 11.8 Å². The minimum absolute atomic E-state index is 0.165. The molecule has 1 amide bonds. The molecule has 0 unspecified atom stereocenters. The van der Waals surface area contributed by atoms with Crippen LogP contribution in [0, 0.1) is 5.92 Å². The van der Waals surface area contributed by atoms with Gasteiger partial charge in [0.1, 0.15) is 0 Å². The van der Waals surface area contributed by atoms with Crippen molar-refractivity contribution in [2.75, 3.05) is 32.1 Å². The van der Waals surface area contributed by atoms with Gasteiger partial charge < -0.3 is 9.80 Å². The number of nitrogens with zero attached hydrogens (tertiary/aromatic N) is 2. The van der Waals surface area contributed by atoms with Gasteiger partial charge in [-0.05, 0) is 25.0 Å². The summed E-state index contributed by atoms with van der Waals surface area (Å²) in [5.41, 5.74) is 1.08. The molecule has 1 aromatic carbocycles. The van der Waals surface area contributed by atoms with Crippen molar-refractivity contribution in [1.82, 2.24) is 4.90 Å². The summed E-state index contributed by atoms with van der Waals surface area (Å²) in [4.78, 5) is 15.8. The van der Waals surface area contributed by atoms with Crippen LogP contribution in [-0.2, 0) is 4.79 Å². The number of carbonyl (C=O) groups is 1. The Balaban J connectivity index is 1.99. The summed E-state index contributed by atoms with van der Waals surface area (Å²) >= 11 is 6.19. The minimum atomic E-state index is 0.165. The predicted octanol–water partition coefficient (Wildman–Crippen LogP) is 2.64. The topological polar surface area (TPSA) is 23.6 Å². The van der Waals surface area contributed by atoms with Crippen molar-refractivity contribution in [2.45, 2.75) is 12.8 Å². The molecule has 1 saturated heterocycles. The first-order valence-corrected chi connectivity index (χ1v) is 6.68. The van der Waals surface area contributed by atoms with Crippen LogP contribution in [0.5, 0.6) is 0 Å². The fourth-order valence-electron chi connectivity index (χ4n) is 2.44. The van der Waals surface area contributed by atoms with E-state index in [0.717, 1.165) is 36.6 Å². The van der Waals surface area contributed by atoms with Crippen molar-refractivity contribution >= 4 is 23.2 Å². The van der Waals surface area contributed by atoms with Crippen molar-refractivity contribution in [3.8, 4) is 0 Å². The Hall–Kier alpha value is -1.22. The Bertz CT molecular complexity index is 426. The molecule has 0 aliphatic carbocycles. The fraction of sp³-hybridized carbons (Fsp3) is 0.500. The third kappa shape index (κ3) is 2.78. The van der Waals surface area contributed by atoms with E-state index in [2.05, 4.69) is 4.90 Å². The predicted molar refractivity (Wildman–Crippen MR) is 75.1 cm³/mol. The van der Waals surface area contributed by atoms with Crippen molar-refractivity contribution in [1.29, 1.82) is 0 Å². The van der Waals surface area contributed by atoms with E-state index in [1.807, 2.05) is 38.4 Å². The standard InChI is InChI=1S/C14H19ClN2O/c1-16(2)14(18)11-7-9-17(10-8-11)13-6-4-3-5-12(13)15/h3-6,11H,7-10H2,1-2H3. The SMILES string of the molecule is CN(C)C(=O)C1CCN(c2ccccc2Cl)CC1. The molecule has 1 aliphatic rings. The molecule has 0 atom stereocenters. The largest absolute Gasteiger partial charge is 0.370 e. The number of carbonyl (C=O) groups excluding carboxylic acids is 1.